The summed E-state index contributed by atoms with van der Waals surface area (Å²) in [7, 11) is 0. The molecule has 1 unspecified atom stereocenters. The third-order valence-corrected chi connectivity index (χ3v) is 4.66. The highest BCUT2D eigenvalue weighted by atomic mass is 35.5. The number of ether oxygens (including phenoxy) is 2. The van der Waals surface area contributed by atoms with Crippen molar-refractivity contribution in [1.82, 2.24) is 5.32 Å². The molecule has 0 saturated carbocycles. The van der Waals surface area contributed by atoms with Crippen molar-refractivity contribution >= 4 is 12.4 Å². The highest BCUT2D eigenvalue weighted by Crippen LogP contribution is 2.38. The van der Waals surface area contributed by atoms with E-state index in [1.807, 2.05) is 24.3 Å². The maximum absolute atomic E-state index is 6.28. The number of nitrogens with one attached hydrogen (secondary N) is 1. The Bertz CT molecular complexity index is 654. The SMILES string of the molecule is Cl.c1ccc(COc2ccc3c(c2)CCC2(CCNC2)O3)cc1. The molecule has 0 radical (unpaired) electrons. The molecule has 0 amide bonds. The molecule has 0 aromatic heterocycles. The Hall–Kier alpha value is -1.71. The van der Waals surface area contributed by atoms with Crippen molar-refractivity contribution in [3.8, 4) is 11.5 Å². The molecule has 3 nitrogen and oxygen atoms in total. The van der Waals surface area contributed by atoms with Gasteiger partial charge in [0.15, 0.2) is 0 Å². The van der Waals surface area contributed by atoms with E-state index in [4.69, 9.17) is 9.47 Å². The summed E-state index contributed by atoms with van der Waals surface area (Å²) in [5, 5.41) is 3.41. The van der Waals surface area contributed by atoms with Gasteiger partial charge >= 0.3 is 0 Å². The highest BCUT2D eigenvalue weighted by molar-refractivity contribution is 5.85. The molecule has 0 bridgehead atoms. The number of aryl methyl sites for hydroxylation is 1. The normalized spacial score (nSPS) is 22.1. The van der Waals surface area contributed by atoms with Crippen LogP contribution in [-0.4, -0.2) is 18.7 Å². The average Bonchev–Trinajstić information content (AvgIpc) is 3.02. The first-order chi connectivity index (χ1) is 10.8. The smallest absolute Gasteiger partial charge is 0.123 e. The Morgan fingerprint density at radius 3 is 2.74 bits per heavy atom. The molecule has 2 aliphatic heterocycles. The molecule has 2 aromatic rings. The Morgan fingerprint density at radius 2 is 1.96 bits per heavy atom. The van der Waals surface area contributed by atoms with Crippen LogP contribution in [0.2, 0.25) is 0 Å². The third kappa shape index (κ3) is 3.46. The van der Waals surface area contributed by atoms with Crippen LogP contribution < -0.4 is 14.8 Å². The van der Waals surface area contributed by atoms with E-state index < -0.39 is 0 Å². The second kappa shape index (κ2) is 6.81. The molecule has 23 heavy (non-hydrogen) atoms. The van der Waals surface area contributed by atoms with Crippen LogP contribution in [0.3, 0.4) is 0 Å². The minimum absolute atomic E-state index is 0. The Kier molecular flexibility index (Phi) is 4.79. The van der Waals surface area contributed by atoms with Gasteiger partial charge in [0.05, 0.1) is 0 Å². The lowest BCUT2D eigenvalue weighted by Crippen LogP contribution is -2.41. The molecule has 4 heteroatoms. The Labute approximate surface area is 143 Å². The van der Waals surface area contributed by atoms with Gasteiger partial charge in [-0.25, -0.2) is 0 Å². The average molecular weight is 332 g/mol. The fourth-order valence-corrected chi connectivity index (χ4v) is 3.35. The van der Waals surface area contributed by atoms with Crippen LogP contribution >= 0.6 is 12.4 Å². The summed E-state index contributed by atoms with van der Waals surface area (Å²) in [6, 6.07) is 16.5. The van der Waals surface area contributed by atoms with Crippen molar-refractivity contribution in [3.63, 3.8) is 0 Å². The molecule has 1 spiro atoms. The number of rotatable bonds is 3. The topological polar surface area (TPSA) is 30.5 Å². The van der Waals surface area contributed by atoms with Crippen molar-refractivity contribution in [2.75, 3.05) is 13.1 Å². The lowest BCUT2D eigenvalue weighted by Gasteiger charge is -2.35. The fourth-order valence-electron chi connectivity index (χ4n) is 3.35. The zero-order valence-corrected chi connectivity index (χ0v) is 13.9. The molecule has 0 aliphatic carbocycles. The fraction of sp³-hybridized carbons (Fsp3) is 0.368. The van der Waals surface area contributed by atoms with E-state index >= 15 is 0 Å². The van der Waals surface area contributed by atoms with E-state index in [1.165, 1.54) is 11.1 Å². The van der Waals surface area contributed by atoms with Crippen LogP contribution in [0, 0.1) is 0 Å². The molecular weight excluding hydrogens is 310 g/mol. The molecule has 1 saturated heterocycles. The van der Waals surface area contributed by atoms with Crippen LogP contribution in [0.5, 0.6) is 11.5 Å². The standard InChI is InChI=1S/C19H21NO2.ClH/c1-2-4-15(5-3-1)13-21-17-6-7-18-16(12-17)8-9-19(22-18)10-11-20-14-19;/h1-7,12,20H,8-11,13-14H2;1H. The summed E-state index contributed by atoms with van der Waals surface area (Å²) in [6.07, 6.45) is 3.27. The van der Waals surface area contributed by atoms with Gasteiger partial charge in [-0.1, -0.05) is 30.3 Å². The van der Waals surface area contributed by atoms with E-state index in [1.54, 1.807) is 0 Å². The first-order valence-corrected chi connectivity index (χ1v) is 8.02. The van der Waals surface area contributed by atoms with Crippen molar-refractivity contribution < 1.29 is 9.47 Å². The third-order valence-electron chi connectivity index (χ3n) is 4.66. The highest BCUT2D eigenvalue weighted by Gasteiger charge is 2.39. The Morgan fingerprint density at radius 1 is 1.09 bits per heavy atom. The largest absolute Gasteiger partial charge is 0.489 e. The molecule has 4 rings (SSSR count). The number of hydrogen-bond donors (Lipinski definition) is 1. The van der Waals surface area contributed by atoms with Gasteiger partial charge in [0.2, 0.25) is 0 Å². The summed E-state index contributed by atoms with van der Waals surface area (Å²) in [5.41, 5.74) is 2.48. The number of benzene rings is 2. The number of hydrogen-bond acceptors (Lipinski definition) is 3. The maximum atomic E-state index is 6.28. The van der Waals surface area contributed by atoms with E-state index in [0.29, 0.717) is 6.61 Å². The van der Waals surface area contributed by atoms with Gasteiger partial charge in [-0.3, -0.25) is 0 Å². The van der Waals surface area contributed by atoms with Crippen LogP contribution in [0.4, 0.5) is 0 Å². The van der Waals surface area contributed by atoms with Gasteiger partial charge in [0.1, 0.15) is 23.7 Å². The minimum Gasteiger partial charge on any atom is -0.489 e. The van der Waals surface area contributed by atoms with Crippen LogP contribution in [-0.2, 0) is 13.0 Å². The van der Waals surface area contributed by atoms with E-state index in [9.17, 15) is 0 Å². The van der Waals surface area contributed by atoms with Gasteiger partial charge in [-0.2, -0.15) is 0 Å². The second-order valence-electron chi connectivity index (χ2n) is 6.26. The van der Waals surface area contributed by atoms with Crippen molar-refractivity contribution in [2.24, 2.45) is 0 Å². The lowest BCUT2D eigenvalue weighted by molar-refractivity contribution is 0.0662. The summed E-state index contributed by atoms with van der Waals surface area (Å²) in [6.45, 7) is 2.64. The molecular formula is C19H22ClNO2. The van der Waals surface area contributed by atoms with Crippen LogP contribution in [0.1, 0.15) is 24.0 Å². The van der Waals surface area contributed by atoms with E-state index in [2.05, 4.69) is 29.6 Å². The maximum Gasteiger partial charge on any atom is 0.123 e. The molecule has 122 valence electrons. The van der Waals surface area contributed by atoms with Gasteiger partial charge < -0.3 is 14.8 Å². The number of fused-ring (bicyclic) bond motifs is 1. The van der Waals surface area contributed by atoms with E-state index in [0.717, 1.165) is 43.9 Å². The number of halogens is 1. The second-order valence-corrected chi connectivity index (χ2v) is 6.26. The predicted molar refractivity (Wildman–Crippen MR) is 93.6 cm³/mol. The molecule has 1 N–H and O–H groups in total. The van der Waals surface area contributed by atoms with Crippen molar-refractivity contribution in [3.05, 3.63) is 59.7 Å². The van der Waals surface area contributed by atoms with Gasteiger partial charge in [0, 0.05) is 13.0 Å². The van der Waals surface area contributed by atoms with Gasteiger partial charge in [-0.15, -0.1) is 12.4 Å². The molecule has 1 fully saturated rings. The summed E-state index contributed by atoms with van der Waals surface area (Å²) in [5.74, 6) is 1.95. The summed E-state index contributed by atoms with van der Waals surface area (Å²) >= 11 is 0. The quantitative estimate of drug-likeness (QED) is 0.929. The molecule has 2 aromatic carbocycles. The van der Waals surface area contributed by atoms with Crippen molar-refractivity contribution in [1.29, 1.82) is 0 Å². The summed E-state index contributed by atoms with van der Waals surface area (Å²) < 4.78 is 12.2. The van der Waals surface area contributed by atoms with Gasteiger partial charge in [-0.05, 0) is 48.7 Å². The predicted octanol–water partition coefficient (Wildman–Crippen LogP) is 3.74. The van der Waals surface area contributed by atoms with Crippen molar-refractivity contribution in [2.45, 2.75) is 31.5 Å². The van der Waals surface area contributed by atoms with Crippen LogP contribution in [0.15, 0.2) is 48.5 Å². The molecule has 1 atom stereocenters. The first kappa shape index (κ1) is 16.2. The Balaban J connectivity index is 0.00000156. The molecule has 2 heterocycles. The monoisotopic (exact) mass is 331 g/mol. The molecule has 2 aliphatic rings. The van der Waals surface area contributed by atoms with Crippen LogP contribution in [0.25, 0.3) is 0 Å². The first-order valence-electron chi connectivity index (χ1n) is 8.02. The lowest BCUT2D eigenvalue weighted by atomic mass is 9.90. The van der Waals surface area contributed by atoms with Gasteiger partial charge in [0.25, 0.3) is 0 Å². The minimum atomic E-state index is 0. The zero-order chi connectivity index (χ0) is 14.8. The summed E-state index contributed by atoms with van der Waals surface area (Å²) in [4.78, 5) is 0. The zero-order valence-electron chi connectivity index (χ0n) is 13.1. The van der Waals surface area contributed by atoms with E-state index in [-0.39, 0.29) is 18.0 Å².